The number of sulfone groups is 1. The van der Waals surface area contributed by atoms with Gasteiger partial charge in [-0.2, -0.15) is 0 Å². The van der Waals surface area contributed by atoms with Crippen molar-refractivity contribution in [2.75, 3.05) is 16.4 Å². The lowest BCUT2D eigenvalue weighted by molar-refractivity contribution is -0.121. The summed E-state index contributed by atoms with van der Waals surface area (Å²) in [6.07, 6.45) is 0.565. The molecule has 0 spiro atoms. The number of imide groups is 1. The van der Waals surface area contributed by atoms with Crippen molar-refractivity contribution in [2.24, 2.45) is 0 Å². The summed E-state index contributed by atoms with van der Waals surface area (Å²) in [5, 5.41) is 3.02. The average molecular weight is 308 g/mol. The minimum absolute atomic E-state index is 0.0380. The fraction of sp³-hybridized carbons (Fsp3) is 0.429. The molecule has 1 aromatic carbocycles. The van der Waals surface area contributed by atoms with Crippen LogP contribution >= 0.6 is 0 Å². The van der Waals surface area contributed by atoms with E-state index in [1.165, 1.54) is 4.90 Å². The van der Waals surface area contributed by atoms with Crippen molar-refractivity contribution in [1.29, 1.82) is 0 Å². The number of hydrogen-bond acceptors (Lipinski definition) is 5. The molecule has 2 fully saturated rings. The fourth-order valence-corrected chi connectivity index (χ4v) is 4.51. The molecule has 0 aliphatic carbocycles. The van der Waals surface area contributed by atoms with Crippen LogP contribution in [0.5, 0.6) is 0 Å². The molecule has 2 heterocycles. The Morgan fingerprint density at radius 3 is 2.48 bits per heavy atom. The zero-order valence-electron chi connectivity index (χ0n) is 11.4. The molecule has 2 saturated heterocycles. The number of benzene rings is 1. The SMILES string of the molecule is O=C1CC(NC2CCS(=O)(=O)C2)C(=O)N1c1ccccc1. The fourth-order valence-electron chi connectivity index (χ4n) is 2.82. The van der Waals surface area contributed by atoms with Crippen LogP contribution in [0.3, 0.4) is 0 Å². The van der Waals surface area contributed by atoms with Gasteiger partial charge in [-0.05, 0) is 18.6 Å². The van der Waals surface area contributed by atoms with Crippen molar-refractivity contribution in [3.05, 3.63) is 30.3 Å². The molecule has 0 bridgehead atoms. The molecule has 2 aliphatic heterocycles. The second-order valence-electron chi connectivity index (χ2n) is 5.43. The van der Waals surface area contributed by atoms with Crippen LogP contribution in [0, 0.1) is 0 Å². The Morgan fingerprint density at radius 1 is 1.14 bits per heavy atom. The van der Waals surface area contributed by atoms with Gasteiger partial charge in [0.15, 0.2) is 9.84 Å². The molecule has 7 heteroatoms. The van der Waals surface area contributed by atoms with Gasteiger partial charge in [0, 0.05) is 6.04 Å². The minimum Gasteiger partial charge on any atom is -0.302 e. The molecule has 2 atom stereocenters. The molecule has 1 aromatic rings. The van der Waals surface area contributed by atoms with Crippen LogP contribution in [-0.4, -0.2) is 43.8 Å². The number of nitrogens with one attached hydrogen (secondary N) is 1. The van der Waals surface area contributed by atoms with Crippen LogP contribution < -0.4 is 10.2 Å². The summed E-state index contributed by atoms with van der Waals surface area (Å²) in [4.78, 5) is 25.6. The maximum absolute atomic E-state index is 12.4. The highest BCUT2D eigenvalue weighted by Crippen LogP contribution is 2.23. The van der Waals surface area contributed by atoms with E-state index in [0.717, 1.165) is 0 Å². The highest BCUT2D eigenvalue weighted by atomic mass is 32.2. The molecule has 1 N–H and O–H groups in total. The van der Waals surface area contributed by atoms with Gasteiger partial charge in [-0.25, -0.2) is 13.3 Å². The molecular weight excluding hydrogens is 292 g/mol. The summed E-state index contributed by atoms with van der Waals surface area (Å²) < 4.78 is 22.9. The predicted octanol–water partition coefficient (Wildman–Crippen LogP) is 0.0952. The van der Waals surface area contributed by atoms with Gasteiger partial charge in [0.05, 0.1) is 29.7 Å². The summed E-state index contributed by atoms with van der Waals surface area (Å²) in [7, 11) is -3.01. The average Bonchev–Trinajstić information content (AvgIpc) is 2.91. The Hall–Kier alpha value is -1.73. The van der Waals surface area contributed by atoms with Crippen molar-refractivity contribution >= 4 is 27.3 Å². The second-order valence-corrected chi connectivity index (χ2v) is 7.65. The van der Waals surface area contributed by atoms with Gasteiger partial charge in [-0.1, -0.05) is 18.2 Å². The largest absolute Gasteiger partial charge is 0.302 e. The summed E-state index contributed by atoms with van der Waals surface area (Å²) in [5.41, 5.74) is 0.552. The molecule has 3 rings (SSSR count). The Bertz CT molecular complexity index is 671. The predicted molar refractivity (Wildman–Crippen MR) is 77.5 cm³/mol. The van der Waals surface area contributed by atoms with Crippen LogP contribution in [0.15, 0.2) is 30.3 Å². The van der Waals surface area contributed by atoms with E-state index in [1.807, 2.05) is 6.07 Å². The van der Waals surface area contributed by atoms with Gasteiger partial charge in [0.1, 0.15) is 0 Å². The molecule has 6 nitrogen and oxygen atoms in total. The number of carbonyl (C=O) groups excluding carboxylic acids is 2. The quantitative estimate of drug-likeness (QED) is 0.801. The molecular formula is C14H16N2O4S. The smallest absolute Gasteiger partial charge is 0.251 e. The monoisotopic (exact) mass is 308 g/mol. The third-order valence-electron chi connectivity index (χ3n) is 3.83. The number of rotatable bonds is 3. The Morgan fingerprint density at radius 2 is 1.86 bits per heavy atom. The zero-order chi connectivity index (χ0) is 15.0. The topological polar surface area (TPSA) is 83.5 Å². The maximum Gasteiger partial charge on any atom is 0.251 e. The molecule has 2 amide bonds. The third kappa shape index (κ3) is 2.84. The van der Waals surface area contributed by atoms with Crippen molar-refractivity contribution < 1.29 is 18.0 Å². The van der Waals surface area contributed by atoms with E-state index in [4.69, 9.17) is 0 Å². The van der Waals surface area contributed by atoms with E-state index in [2.05, 4.69) is 5.32 Å². The second kappa shape index (κ2) is 5.23. The maximum atomic E-state index is 12.4. The molecule has 2 unspecified atom stereocenters. The lowest BCUT2D eigenvalue weighted by atomic mass is 10.2. The van der Waals surface area contributed by atoms with Gasteiger partial charge in [0.2, 0.25) is 5.91 Å². The normalized spacial score (nSPS) is 28.3. The molecule has 0 aromatic heterocycles. The van der Waals surface area contributed by atoms with E-state index in [1.54, 1.807) is 24.3 Å². The number of hydrogen-bond donors (Lipinski definition) is 1. The number of carbonyl (C=O) groups is 2. The molecule has 2 aliphatic rings. The minimum atomic E-state index is -3.01. The number of para-hydroxylation sites is 1. The Kier molecular flexibility index (Phi) is 3.54. The summed E-state index contributed by atoms with van der Waals surface area (Å²) in [5.74, 6) is -0.391. The van der Waals surface area contributed by atoms with Gasteiger partial charge in [-0.3, -0.25) is 9.59 Å². The zero-order valence-corrected chi connectivity index (χ0v) is 12.2. The number of amides is 2. The summed E-state index contributed by atoms with van der Waals surface area (Å²) >= 11 is 0. The van der Waals surface area contributed by atoms with Crippen LogP contribution in [0.2, 0.25) is 0 Å². The number of anilines is 1. The van der Waals surface area contributed by atoms with E-state index in [-0.39, 0.29) is 35.8 Å². The van der Waals surface area contributed by atoms with Gasteiger partial charge in [-0.15, -0.1) is 0 Å². The number of nitrogens with zero attached hydrogens (tertiary/aromatic N) is 1. The molecule has 0 saturated carbocycles. The van der Waals surface area contributed by atoms with Crippen LogP contribution in [-0.2, 0) is 19.4 Å². The van der Waals surface area contributed by atoms with Gasteiger partial charge in [0.25, 0.3) is 5.91 Å². The van der Waals surface area contributed by atoms with Crippen molar-refractivity contribution in [3.8, 4) is 0 Å². The third-order valence-corrected chi connectivity index (χ3v) is 5.60. The lowest BCUT2D eigenvalue weighted by Crippen LogP contribution is -2.44. The first-order chi connectivity index (χ1) is 9.96. The van der Waals surface area contributed by atoms with Crippen LogP contribution in [0.1, 0.15) is 12.8 Å². The molecule has 21 heavy (non-hydrogen) atoms. The van der Waals surface area contributed by atoms with Crippen molar-refractivity contribution in [2.45, 2.75) is 24.9 Å². The van der Waals surface area contributed by atoms with E-state index in [0.29, 0.717) is 12.1 Å². The van der Waals surface area contributed by atoms with Crippen molar-refractivity contribution in [3.63, 3.8) is 0 Å². The molecule has 112 valence electrons. The van der Waals surface area contributed by atoms with Crippen molar-refractivity contribution in [1.82, 2.24) is 5.32 Å². The first-order valence-corrected chi connectivity index (χ1v) is 8.67. The van der Waals surface area contributed by atoms with Gasteiger partial charge < -0.3 is 5.32 Å². The highest BCUT2D eigenvalue weighted by Gasteiger charge is 2.41. The van der Waals surface area contributed by atoms with E-state index < -0.39 is 15.9 Å². The summed E-state index contributed by atoms with van der Waals surface area (Å²) in [6, 6.07) is 7.88. The first-order valence-electron chi connectivity index (χ1n) is 6.84. The first kappa shape index (κ1) is 14.2. The van der Waals surface area contributed by atoms with Crippen LogP contribution in [0.4, 0.5) is 5.69 Å². The lowest BCUT2D eigenvalue weighted by Gasteiger charge is -2.17. The van der Waals surface area contributed by atoms with Crippen LogP contribution in [0.25, 0.3) is 0 Å². The van der Waals surface area contributed by atoms with E-state index >= 15 is 0 Å². The Balaban J connectivity index is 1.72. The standard InChI is InChI=1S/C14H16N2O4S/c17-13-8-12(15-10-6-7-21(19,20)9-10)14(18)16(13)11-4-2-1-3-5-11/h1-5,10,12,15H,6-9H2. The van der Waals surface area contributed by atoms with Gasteiger partial charge >= 0.3 is 0 Å². The Labute approximate surface area is 123 Å². The summed E-state index contributed by atoms with van der Waals surface area (Å²) in [6.45, 7) is 0. The highest BCUT2D eigenvalue weighted by molar-refractivity contribution is 7.91. The van der Waals surface area contributed by atoms with E-state index in [9.17, 15) is 18.0 Å². The molecule has 0 radical (unpaired) electrons.